The summed E-state index contributed by atoms with van der Waals surface area (Å²) in [5.41, 5.74) is 3.67. The number of rotatable bonds is 13. The molecule has 1 heterocycles. The fraction of sp³-hybridized carbons (Fsp3) is 0.294. The average Bonchev–Trinajstić information content (AvgIpc) is 3.45. The predicted molar refractivity (Wildman–Crippen MR) is 161 cm³/mol. The number of nitrogens with zero attached hydrogens (tertiary/aromatic N) is 3. The smallest absolute Gasteiger partial charge is 0.254 e. The van der Waals surface area contributed by atoms with E-state index in [0.29, 0.717) is 30.9 Å². The van der Waals surface area contributed by atoms with E-state index in [1.54, 1.807) is 43.4 Å². The average molecular weight is 554 g/mol. The largest absolute Gasteiger partial charge is 0.497 e. The fourth-order valence-corrected chi connectivity index (χ4v) is 4.74. The molecule has 4 rings (SSSR count). The lowest BCUT2D eigenvalue weighted by atomic mass is 10.1. The van der Waals surface area contributed by atoms with Gasteiger partial charge in [0.25, 0.3) is 5.91 Å². The minimum Gasteiger partial charge on any atom is -0.497 e. The van der Waals surface area contributed by atoms with Gasteiger partial charge in [0, 0.05) is 36.6 Å². The summed E-state index contributed by atoms with van der Waals surface area (Å²) in [6, 6.07) is 28.9. The second-order valence-electron chi connectivity index (χ2n) is 10.1. The van der Waals surface area contributed by atoms with Crippen molar-refractivity contribution in [3.05, 3.63) is 120 Å². The number of hydrogen-bond donors (Lipinski definition) is 0. The summed E-state index contributed by atoms with van der Waals surface area (Å²) in [6.45, 7) is 5.50. The summed E-state index contributed by atoms with van der Waals surface area (Å²) in [6.07, 6.45) is 2.76. The molecule has 0 aliphatic rings. The second kappa shape index (κ2) is 14.2. The van der Waals surface area contributed by atoms with Gasteiger partial charge in [-0.3, -0.25) is 9.59 Å². The molecule has 0 N–H and O–H groups in total. The van der Waals surface area contributed by atoms with Gasteiger partial charge in [-0.2, -0.15) is 0 Å². The monoisotopic (exact) mass is 553 g/mol. The van der Waals surface area contributed by atoms with Crippen LogP contribution in [0.3, 0.4) is 0 Å². The molecule has 0 aliphatic carbocycles. The maximum absolute atomic E-state index is 14.0. The third-order valence-corrected chi connectivity index (χ3v) is 7.36. The van der Waals surface area contributed by atoms with Crippen molar-refractivity contribution < 1.29 is 19.1 Å². The molecular weight excluding hydrogens is 514 g/mol. The van der Waals surface area contributed by atoms with Crippen LogP contribution >= 0.6 is 0 Å². The molecular formula is C34H39N3O4. The van der Waals surface area contributed by atoms with Gasteiger partial charge in [-0.1, -0.05) is 49.4 Å². The number of benzene rings is 3. The highest BCUT2D eigenvalue weighted by molar-refractivity contribution is 5.96. The molecule has 7 heteroatoms. The summed E-state index contributed by atoms with van der Waals surface area (Å²) in [5, 5.41) is 0. The molecule has 0 aliphatic heterocycles. The van der Waals surface area contributed by atoms with E-state index in [4.69, 9.17) is 9.47 Å². The minimum atomic E-state index is -0.170. The molecule has 4 aromatic rings. The molecule has 2 amide bonds. The van der Waals surface area contributed by atoms with Crippen molar-refractivity contribution in [1.29, 1.82) is 0 Å². The van der Waals surface area contributed by atoms with Gasteiger partial charge in [0.05, 0.1) is 20.8 Å². The van der Waals surface area contributed by atoms with Crippen LogP contribution in [0.2, 0.25) is 0 Å². The molecule has 3 aromatic carbocycles. The first kappa shape index (κ1) is 29.5. The predicted octanol–water partition coefficient (Wildman–Crippen LogP) is 6.02. The Balaban J connectivity index is 1.58. The van der Waals surface area contributed by atoms with E-state index in [9.17, 15) is 9.59 Å². The number of ether oxygens (including phenoxy) is 2. The lowest BCUT2D eigenvalue weighted by molar-refractivity contribution is -0.133. The topological polar surface area (TPSA) is 64.0 Å². The molecule has 1 aromatic heterocycles. The zero-order chi connectivity index (χ0) is 29.2. The summed E-state index contributed by atoms with van der Waals surface area (Å²) in [7, 11) is 3.25. The number of hydrogen-bond acceptors (Lipinski definition) is 4. The van der Waals surface area contributed by atoms with Crippen LogP contribution in [-0.2, 0) is 24.4 Å². The Hall–Kier alpha value is -4.52. The van der Waals surface area contributed by atoms with Crippen molar-refractivity contribution in [1.82, 2.24) is 14.4 Å². The standard InChI is InChI=1S/C34H39N3O4/c1-5-26(2)37(34(39)29-16-18-31(40-3)19-17-29)25-33(38)36(22-27-11-7-6-8-12-27)24-30-14-10-20-35(30)23-28-13-9-15-32(21-28)41-4/h6-21,26H,5,22-25H2,1-4H3. The van der Waals surface area contributed by atoms with Crippen molar-refractivity contribution in [2.75, 3.05) is 20.8 Å². The third kappa shape index (κ3) is 7.78. The molecule has 7 nitrogen and oxygen atoms in total. The van der Waals surface area contributed by atoms with Gasteiger partial charge in [-0.25, -0.2) is 0 Å². The van der Waals surface area contributed by atoms with Crippen LogP contribution in [0.15, 0.2) is 97.2 Å². The molecule has 0 saturated heterocycles. The molecule has 214 valence electrons. The van der Waals surface area contributed by atoms with Gasteiger partial charge in [0.2, 0.25) is 5.91 Å². The van der Waals surface area contributed by atoms with Gasteiger partial charge < -0.3 is 23.8 Å². The van der Waals surface area contributed by atoms with E-state index in [1.807, 2.05) is 85.6 Å². The zero-order valence-electron chi connectivity index (χ0n) is 24.3. The van der Waals surface area contributed by atoms with Gasteiger partial charge in [-0.05, 0) is 73.0 Å². The highest BCUT2D eigenvalue weighted by atomic mass is 16.5. The molecule has 0 fully saturated rings. The molecule has 0 radical (unpaired) electrons. The van der Waals surface area contributed by atoms with Crippen molar-refractivity contribution in [3.8, 4) is 11.5 Å². The van der Waals surface area contributed by atoms with Crippen LogP contribution in [0.4, 0.5) is 0 Å². The normalized spacial score (nSPS) is 11.5. The van der Waals surface area contributed by atoms with Gasteiger partial charge in [-0.15, -0.1) is 0 Å². The fourth-order valence-electron chi connectivity index (χ4n) is 4.74. The summed E-state index contributed by atoms with van der Waals surface area (Å²) < 4.78 is 12.8. The molecule has 0 saturated carbocycles. The molecule has 0 spiro atoms. The SMILES string of the molecule is CCC(C)N(CC(=O)N(Cc1ccccc1)Cc1cccn1Cc1cccc(OC)c1)C(=O)c1ccc(OC)cc1. The molecule has 1 unspecified atom stereocenters. The van der Waals surface area contributed by atoms with Crippen molar-refractivity contribution >= 4 is 11.8 Å². The number of amides is 2. The van der Waals surface area contributed by atoms with E-state index < -0.39 is 0 Å². The molecule has 41 heavy (non-hydrogen) atoms. The first-order valence-electron chi connectivity index (χ1n) is 14.0. The van der Waals surface area contributed by atoms with Crippen LogP contribution in [0.25, 0.3) is 0 Å². The van der Waals surface area contributed by atoms with Crippen molar-refractivity contribution in [2.24, 2.45) is 0 Å². The minimum absolute atomic E-state index is 0.0106. The maximum atomic E-state index is 14.0. The number of methoxy groups -OCH3 is 2. The van der Waals surface area contributed by atoms with E-state index >= 15 is 0 Å². The van der Waals surface area contributed by atoms with Crippen molar-refractivity contribution in [2.45, 2.75) is 45.9 Å². The van der Waals surface area contributed by atoms with Crippen LogP contribution in [0, 0.1) is 0 Å². The van der Waals surface area contributed by atoms with Crippen LogP contribution in [0.5, 0.6) is 11.5 Å². The zero-order valence-corrected chi connectivity index (χ0v) is 24.3. The Morgan fingerprint density at radius 1 is 0.805 bits per heavy atom. The first-order chi connectivity index (χ1) is 19.9. The maximum Gasteiger partial charge on any atom is 0.254 e. The summed E-state index contributed by atoms with van der Waals surface area (Å²) in [5.74, 6) is 1.21. The summed E-state index contributed by atoms with van der Waals surface area (Å²) in [4.78, 5) is 31.1. The Labute approximate surface area is 242 Å². The van der Waals surface area contributed by atoms with Crippen LogP contribution < -0.4 is 9.47 Å². The highest BCUT2D eigenvalue weighted by Crippen LogP contribution is 2.19. The van der Waals surface area contributed by atoms with E-state index in [1.165, 1.54) is 0 Å². The lowest BCUT2D eigenvalue weighted by Gasteiger charge is -2.31. The van der Waals surface area contributed by atoms with Crippen LogP contribution in [-0.4, -0.2) is 53.0 Å². The molecule has 1 atom stereocenters. The Morgan fingerprint density at radius 3 is 2.20 bits per heavy atom. The second-order valence-corrected chi connectivity index (χ2v) is 10.1. The van der Waals surface area contributed by atoms with Gasteiger partial charge >= 0.3 is 0 Å². The van der Waals surface area contributed by atoms with E-state index in [0.717, 1.165) is 29.0 Å². The molecule has 0 bridgehead atoms. The Morgan fingerprint density at radius 2 is 1.51 bits per heavy atom. The van der Waals surface area contributed by atoms with Crippen LogP contribution in [0.1, 0.15) is 47.4 Å². The summed E-state index contributed by atoms with van der Waals surface area (Å²) >= 11 is 0. The van der Waals surface area contributed by atoms with Gasteiger partial charge in [0.15, 0.2) is 0 Å². The number of aromatic nitrogens is 1. The Kier molecular flexibility index (Phi) is 10.2. The number of carbonyl (C=O) groups excluding carboxylic acids is 2. The first-order valence-corrected chi connectivity index (χ1v) is 14.0. The van der Waals surface area contributed by atoms with E-state index in [-0.39, 0.29) is 24.4 Å². The van der Waals surface area contributed by atoms with Crippen molar-refractivity contribution in [3.63, 3.8) is 0 Å². The number of carbonyl (C=O) groups is 2. The van der Waals surface area contributed by atoms with Gasteiger partial charge in [0.1, 0.15) is 18.0 Å². The van der Waals surface area contributed by atoms with E-state index in [2.05, 4.69) is 10.6 Å². The lowest BCUT2D eigenvalue weighted by Crippen LogP contribution is -2.46. The quantitative estimate of drug-likeness (QED) is 0.203. The third-order valence-electron chi connectivity index (χ3n) is 7.36. The Bertz CT molecular complexity index is 1420. The highest BCUT2D eigenvalue weighted by Gasteiger charge is 2.26.